The van der Waals surface area contributed by atoms with E-state index in [1.54, 1.807) is 17.9 Å². The minimum Gasteiger partial charge on any atom is -0.481 e. The van der Waals surface area contributed by atoms with Gasteiger partial charge in [-0.1, -0.05) is 12.1 Å². The van der Waals surface area contributed by atoms with Crippen LogP contribution >= 0.6 is 0 Å². The molecule has 0 saturated carbocycles. The van der Waals surface area contributed by atoms with E-state index in [4.69, 9.17) is 5.11 Å². The van der Waals surface area contributed by atoms with E-state index >= 15 is 0 Å². The second-order valence-corrected chi connectivity index (χ2v) is 5.28. The molecule has 2 unspecified atom stereocenters. The molecule has 108 valence electrons. The number of carboxylic acids is 1. The Kier molecular flexibility index (Phi) is 4.09. The number of fused-ring (bicyclic) bond motifs is 1. The quantitative estimate of drug-likeness (QED) is 0.881. The van der Waals surface area contributed by atoms with Gasteiger partial charge in [-0.05, 0) is 37.0 Å². The highest BCUT2D eigenvalue weighted by molar-refractivity contribution is 5.94. The maximum Gasteiger partial charge on any atom is 0.303 e. The zero-order valence-electron chi connectivity index (χ0n) is 11.7. The molecule has 0 saturated heterocycles. The van der Waals surface area contributed by atoms with E-state index in [0.717, 1.165) is 17.7 Å². The standard InChI is InChI=1S/C15H19NO4/c1-9-7-12-8-11(14(18)5-6-15(19)20)3-4-13(12)16(9)10(2)17/h3-4,8-9,14,18H,5-7H2,1-2H3,(H,19,20). The Balaban J connectivity index is 2.19. The first-order chi connectivity index (χ1) is 9.40. The molecule has 1 amide bonds. The maximum absolute atomic E-state index is 11.6. The molecule has 0 aromatic heterocycles. The monoisotopic (exact) mass is 277 g/mol. The number of aliphatic hydroxyl groups is 1. The second kappa shape index (κ2) is 5.63. The van der Waals surface area contributed by atoms with Crippen LogP contribution < -0.4 is 4.90 Å². The van der Waals surface area contributed by atoms with Crippen molar-refractivity contribution in [3.05, 3.63) is 29.3 Å². The van der Waals surface area contributed by atoms with Crippen molar-refractivity contribution in [1.82, 2.24) is 0 Å². The molecule has 5 nitrogen and oxygen atoms in total. The number of aliphatic carboxylic acids is 1. The number of hydrogen-bond acceptors (Lipinski definition) is 3. The topological polar surface area (TPSA) is 77.8 Å². The third-order valence-electron chi connectivity index (χ3n) is 3.67. The Bertz CT molecular complexity index is 541. The molecule has 5 heteroatoms. The Morgan fingerprint density at radius 3 is 2.75 bits per heavy atom. The predicted molar refractivity (Wildman–Crippen MR) is 74.6 cm³/mol. The van der Waals surface area contributed by atoms with Crippen molar-refractivity contribution in [2.24, 2.45) is 0 Å². The number of nitrogens with zero attached hydrogens (tertiary/aromatic N) is 1. The Hall–Kier alpha value is -1.88. The minimum absolute atomic E-state index is 0.00965. The summed E-state index contributed by atoms with van der Waals surface area (Å²) in [4.78, 5) is 23.9. The van der Waals surface area contributed by atoms with E-state index in [2.05, 4.69) is 0 Å². The first-order valence-corrected chi connectivity index (χ1v) is 6.72. The summed E-state index contributed by atoms with van der Waals surface area (Å²) in [7, 11) is 0. The summed E-state index contributed by atoms with van der Waals surface area (Å²) in [6, 6.07) is 5.59. The summed E-state index contributed by atoms with van der Waals surface area (Å²) in [5.74, 6) is -0.906. The second-order valence-electron chi connectivity index (χ2n) is 5.28. The molecule has 2 rings (SSSR count). The lowest BCUT2D eigenvalue weighted by Gasteiger charge is -2.20. The predicted octanol–water partition coefficient (Wildman–Crippen LogP) is 1.88. The number of carbonyl (C=O) groups excluding carboxylic acids is 1. The molecule has 0 aliphatic carbocycles. The van der Waals surface area contributed by atoms with Crippen LogP contribution in [0.1, 0.15) is 43.9 Å². The van der Waals surface area contributed by atoms with Gasteiger partial charge in [-0.2, -0.15) is 0 Å². The fourth-order valence-electron chi connectivity index (χ4n) is 2.77. The first kappa shape index (κ1) is 14.5. The minimum atomic E-state index is -0.915. The first-order valence-electron chi connectivity index (χ1n) is 6.72. The van der Waals surface area contributed by atoms with E-state index in [1.165, 1.54) is 0 Å². The largest absolute Gasteiger partial charge is 0.481 e. The molecular weight excluding hydrogens is 258 g/mol. The van der Waals surface area contributed by atoms with E-state index in [-0.39, 0.29) is 24.8 Å². The average molecular weight is 277 g/mol. The van der Waals surface area contributed by atoms with Crippen molar-refractivity contribution in [3.63, 3.8) is 0 Å². The number of rotatable bonds is 4. The molecule has 1 aliphatic rings. The van der Waals surface area contributed by atoms with Crippen molar-refractivity contribution in [3.8, 4) is 0 Å². The zero-order chi connectivity index (χ0) is 14.9. The number of carboxylic acid groups (broad SMARTS) is 1. The SMILES string of the molecule is CC(=O)N1c2ccc(C(O)CCC(=O)O)cc2CC1C. The Labute approximate surface area is 117 Å². The number of amides is 1. The van der Waals surface area contributed by atoms with Crippen LogP contribution in [0.2, 0.25) is 0 Å². The van der Waals surface area contributed by atoms with Gasteiger partial charge in [0.15, 0.2) is 0 Å². The van der Waals surface area contributed by atoms with Gasteiger partial charge in [0, 0.05) is 25.1 Å². The summed E-state index contributed by atoms with van der Waals surface area (Å²) < 4.78 is 0. The molecule has 0 fully saturated rings. The van der Waals surface area contributed by atoms with Crippen LogP contribution in [-0.2, 0) is 16.0 Å². The molecule has 20 heavy (non-hydrogen) atoms. The third kappa shape index (κ3) is 2.82. The Morgan fingerprint density at radius 1 is 1.45 bits per heavy atom. The zero-order valence-corrected chi connectivity index (χ0v) is 11.7. The van der Waals surface area contributed by atoms with Crippen molar-refractivity contribution >= 4 is 17.6 Å². The van der Waals surface area contributed by atoms with Gasteiger partial charge in [-0.3, -0.25) is 9.59 Å². The highest BCUT2D eigenvalue weighted by atomic mass is 16.4. The fourth-order valence-corrected chi connectivity index (χ4v) is 2.77. The highest BCUT2D eigenvalue weighted by Gasteiger charge is 2.29. The van der Waals surface area contributed by atoms with Crippen LogP contribution in [0.5, 0.6) is 0 Å². The summed E-state index contributed by atoms with van der Waals surface area (Å²) in [6.07, 6.45) is 0.112. The van der Waals surface area contributed by atoms with Gasteiger partial charge in [0.25, 0.3) is 0 Å². The van der Waals surface area contributed by atoms with Gasteiger partial charge in [-0.15, -0.1) is 0 Å². The number of hydrogen-bond donors (Lipinski definition) is 2. The van der Waals surface area contributed by atoms with Crippen LogP contribution in [0.15, 0.2) is 18.2 Å². The van der Waals surface area contributed by atoms with Crippen LogP contribution in [0.25, 0.3) is 0 Å². The van der Waals surface area contributed by atoms with Gasteiger partial charge in [-0.25, -0.2) is 0 Å². The molecule has 0 bridgehead atoms. The lowest BCUT2D eigenvalue weighted by Crippen LogP contribution is -2.33. The smallest absolute Gasteiger partial charge is 0.303 e. The Morgan fingerprint density at radius 2 is 2.15 bits per heavy atom. The van der Waals surface area contributed by atoms with Crippen LogP contribution in [0.3, 0.4) is 0 Å². The number of anilines is 1. The summed E-state index contributed by atoms with van der Waals surface area (Å²) in [6.45, 7) is 3.53. The number of aliphatic hydroxyl groups excluding tert-OH is 1. The number of carbonyl (C=O) groups is 2. The van der Waals surface area contributed by atoms with E-state index in [0.29, 0.717) is 5.56 Å². The van der Waals surface area contributed by atoms with Crippen LogP contribution in [0.4, 0.5) is 5.69 Å². The molecular formula is C15H19NO4. The maximum atomic E-state index is 11.6. The van der Waals surface area contributed by atoms with Crippen molar-refractivity contribution in [1.29, 1.82) is 0 Å². The van der Waals surface area contributed by atoms with E-state index < -0.39 is 12.1 Å². The van der Waals surface area contributed by atoms with Crippen molar-refractivity contribution in [2.45, 2.75) is 45.3 Å². The van der Waals surface area contributed by atoms with Gasteiger partial charge in [0.1, 0.15) is 0 Å². The van der Waals surface area contributed by atoms with E-state index in [9.17, 15) is 14.7 Å². The van der Waals surface area contributed by atoms with Gasteiger partial charge < -0.3 is 15.1 Å². The molecule has 2 N–H and O–H groups in total. The van der Waals surface area contributed by atoms with Crippen LogP contribution in [0, 0.1) is 0 Å². The highest BCUT2D eigenvalue weighted by Crippen LogP contribution is 2.34. The van der Waals surface area contributed by atoms with Crippen molar-refractivity contribution < 1.29 is 19.8 Å². The molecule has 1 aromatic rings. The summed E-state index contributed by atoms with van der Waals surface area (Å²) in [5.41, 5.74) is 2.63. The third-order valence-corrected chi connectivity index (χ3v) is 3.67. The fraction of sp³-hybridized carbons (Fsp3) is 0.467. The van der Waals surface area contributed by atoms with Gasteiger partial charge in [0.2, 0.25) is 5.91 Å². The lowest BCUT2D eigenvalue weighted by molar-refractivity contribution is -0.137. The average Bonchev–Trinajstić information content (AvgIpc) is 2.70. The van der Waals surface area contributed by atoms with E-state index in [1.807, 2.05) is 19.1 Å². The summed E-state index contributed by atoms with van der Waals surface area (Å²) >= 11 is 0. The summed E-state index contributed by atoms with van der Waals surface area (Å²) in [5, 5.41) is 18.6. The molecule has 1 aliphatic heterocycles. The molecule has 1 heterocycles. The molecule has 0 radical (unpaired) electrons. The van der Waals surface area contributed by atoms with Gasteiger partial charge in [0.05, 0.1) is 6.10 Å². The van der Waals surface area contributed by atoms with Gasteiger partial charge >= 0.3 is 5.97 Å². The molecule has 0 spiro atoms. The lowest BCUT2D eigenvalue weighted by atomic mass is 10.0. The van der Waals surface area contributed by atoms with Crippen molar-refractivity contribution in [2.75, 3.05) is 4.90 Å². The molecule has 2 atom stereocenters. The normalized spacial score (nSPS) is 18.8. The molecule has 1 aromatic carbocycles. The number of benzene rings is 1. The van der Waals surface area contributed by atoms with Crippen LogP contribution in [-0.4, -0.2) is 28.1 Å².